The Labute approximate surface area is 417 Å². The molecule has 69 heavy (non-hydrogen) atoms. The summed E-state index contributed by atoms with van der Waals surface area (Å²) in [6, 6.07) is 53.7. The molecule has 0 spiro atoms. The maximum Gasteiger partial charge on any atom is 0.0765 e. The zero-order valence-electron chi connectivity index (χ0n) is 44.2. The Morgan fingerprint density at radius 2 is 0.971 bits per heavy atom. The van der Waals surface area contributed by atoms with E-state index in [0.29, 0.717) is 0 Å². The van der Waals surface area contributed by atoms with E-state index < -0.39 is 0 Å². The number of fused-ring (bicyclic) bond motifs is 5. The van der Waals surface area contributed by atoms with E-state index >= 15 is 0 Å². The topological polar surface area (TPSA) is 11.4 Å². The quantitative estimate of drug-likeness (QED) is 0.150. The van der Waals surface area contributed by atoms with E-state index in [1.54, 1.807) is 0 Å². The summed E-state index contributed by atoms with van der Waals surface area (Å²) in [6.07, 6.45) is 0.886. The SMILES string of the molecule is CCc1cc(N(c2ccc(C(C)(C)C)cc2)c2ccc(C(C)(C)C)cc2C)c(C)c(N(c2ccc(C(C)(C)C)cc2)c2c(C)n(-c3ccc(C(C)(C)C)cc3)c3ccc4c5ccccc5sc4c23)c1. The molecule has 0 amide bonds. The van der Waals surface area contributed by atoms with Gasteiger partial charge in [0.2, 0.25) is 0 Å². The normalized spacial score (nSPS) is 12.7. The molecule has 9 rings (SSSR count). The number of nitrogens with zero attached hydrogens (tertiary/aromatic N) is 3. The van der Waals surface area contributed by atoms with Crippen LogP contribution in [0.4, 0.5) is 34.1 Å². The van der Waals surface area contributed by atoms with Crippen molar-refractivity contribution in [3.8, 4) is 5.69 Å². The largest absolute Gasteiger partial charge is 0.312 e. The molecular weight excluding hydrogens is 855 g/mol. The minimum Gasteiger partial charge on any atom is -0.312 e. The summed E-state index contributed by atoms with van der Waals surface area (Å²) >= 11 is 1.92. The number of benzene rings is 7. The lowest BCUT2D eigenvalue weighted by atomic mass is 9.85. The van der Waals surface area contributed by atoms with E-state index in [9.17, 15) is 0 Å². The molecule has 0 fully saturated rings. The van der Waals surface area contributed by atoms with Gasteiger partial charge in [-0.05, 0) is 155 Å². The summed E-state index contributed by atoms with van der Waals surface area (Å²) in [5, 5.41) is 3.88. The fraction of sp³-hybridized carbons (Fsp3) is 0.323. The molecule has 2 aromatic heterocycles. The third-order valence-electron chi connectivity index (χ3n) is 14.5. The molecule has 9 aromatic rings. The zero-order chi connectivity index (χ0) is 49.5. The lowest BCUT2D eigenvalue weighted by Crippen LogP contribution is -2.19. The minimum absolute atomic E-state index is 0.00636. The zero-order valence-corrected chi connectivity index (χ0v) is 45.1. The van der Waals surface area contributed by atoms with Crippen molar-refractivity contribution in [3.05, 3.63) is 184 Å². The summed E-state index contributed by atoms with van der Waals surface area (Å²) in [7, 11) is 0. The first kappa shape index (κ1) is 47.9. The van der Waals surface area contributed by atoms with Gasteiger partial charge in [-0.2, -0.15) is 0 Å². The van der Waals surface area contributed by atoms with Crippen molar-refractivity contribution in [1.29, 1.82) is 0 Å². The van der Waals surface area contributed by atoms with Gasteiger partial charge in [-0.3, -0.25) is 0 Å². The van der Waals surface area contributed by atoms with E-state index in [1.807, 2.05) is 11.3 Å². The molecule has 0 atom stereocenters. The highest BCUT2D eigenvalue weighted by Gasteiger charge is 2.30. The van der Waals surface area contributed by atoms with Gasteiger partial charge in [-0.1, -0.05) is 163 Å². The first-order valence-electron chi connectivity index (χ1n) is 25.1. The third kappa shape index (κ3) is 8.80. The molecule has 0 aliphatic heterocycles. The van der Waals surface area contributed by atoms with Crippen molar-refractivity contribution < 1.29 is 0 Å². The van der Waals surface area contributed by atoms with E-state index in [0.717, 1.165) is 17.8 Å². The fourth-order valence-corrected chi connectivity index (χ4v) is 11.4. The molecule has 0 saturated heterocycles. The first-order chi connectivity index (χ1) is 32.4. The number of thiophene rings is 1. The summed E-state index contributed by atoms with van der Waals surface area (Å²) in [4.78, 5) is 5.15. The first-order valence-corrected chi connectivity index (χ1v) is 25.9. The van der Waals surface area contributed by atoms with Crippen LogP contribution in [0.15, 0.2) is 140 Å². The van der Waals surface area contributed by atoms with Crippen LogP contribution in [-0.4, -0.2) is 4.57 Å². The summed E-state index contributed by atoms with van der Waals surface area (Å²) < 4.78 is 5.13. The van der Waals surface area contributed by atoms with Crippen LogP contribution < -0.4 is 9.80 Å². The average Bonchev–Trinajstić information content (AvgIpc) is 3.81. The van der Waals surface area contributed by atoms with E-state index in [-0.39, 0.29) is 21.7 Å². The fourth-order valence-electron chi connectivity index (χ4n) is 10.2. The lowest BCUT2D eigenvalue weighted by Gasteiger charge is -2.34. The average molecular weight is 928 g/mol. The molecule has 4 heteroatoms. The molecule has 3 nitrogen and oxygen atoms in total. The Kier molecular flexibility index (Phi) is 12.1. The Hall–Kier alpha value is -6.10. The van der Waals surface area contributed by atoms with Crippen molar-refractivity contribution >= 4 is 76.5 Å². The number of aromatic nitrogens is 1. The van der Waals surface area contributed by atoms with Crippen molar-refractivity contribution in [2.45, 2.75) is 139 Å². The van der Waals surface area contributed by atoms with Gasteiger partial charge in [-0.25, -0.2) is 0 Å². The molecule has 0 saturated carbocycles. The van der Waals surface area contributed by atoms with Crippen LogP contribution in [0.2, 0.25) is 0 Å². The Morgan fingerprint density at radius 3 is 1.49 bits per heavy atom. The molecule has 0 unspecified atom stereocenters. The van der Waals surface area contributed by atoms with Crippen molar-refractivity contribution in [2.75, 3.05) is 9.80 Å². The third-order valence-corrected chi connectivity index (χ3v) is 15.7. The maximum atomic E-state index is 2.61. The van der Waals surface area contributed by atoms with E-state index in [4.69, 9.17) is 0 Å². The van der Waals surface area contributed by atoms with E-state index in [2.05, 4.69) is 265 Å². The highest BCUT2D eigenvalue weighted by Crippen LogP contribution is 2.52. The van der Waals surface area contributed by atoms with Crippen LogP contribution >= 0.6 is 11.3 Å². The molecule has 0 radical (unpaired) electrons. The predicted molar refractivity (Wildman–Crippen MR) is 304 cm³/mol. The number of rotatable bonds is 8. The second-order valence-corrected chi connectivity index (χ2v) is 24.7. The highest BCUT2D eigenvalue weighted by atomic mass is 32.1. The second-order valence-electron chi connectivity index (χ2n) is 23.6. The molecule has 0 bridgehead atoms. The number of hydrogen-bond acceptors (Lipinski definition) is 3. The molecule has 354 valence electrons. The number of anilines is 6. The second kappa shape index (κ2) is 17.4. The van der Waals surface area contributed by atoms with Gasteiger partial charge in [0, 0.05) is 54.0 Å². The Morgan fingerprint density at radius 1 is 0.478 bits per heavy atom. The van der Waals surface area contributed by atoms with Crippen molar-refractivity contribution in [1.82, 2.24) is 4.57 Å². The van der Waals surface area contributed by atoms with Crippen LogP contribution in [0.25, 0.3) is 36.8 Å². The van der Waals surface area contributed by atoms with Crippen molar-refractivity contribution in [2.24, 2.45) is 0 Å². The molecule has 2 heterocycles. The minimum atomic E-state index is 0.00636. The van der Waals surface area contributed by atoms with Gasteiger partial charge in [0.25, 0.3) is 0 Å². The highest BCUT2D eigenvalue weighted by molar-refractivity contribution is 7.26. The van der Waals surface area contributed by atoms with Crippen LogP contribution in [0.5, 0.6) is 0 Å². The van der Waals surface area contributed by atoms with Crippen molar-refractivity contribution in [3.63, 3.8) is 0 Å². The molecule has 0 aliphatic carbocycles. The van der Waals surface area contributed by atoms with Gasteiger partial charge in [0.05, 0.1) is 22.6 Å². The summed E-state index contributed by atoms with van der Waals surface area (Å²) in [6.45, 7) is 36.9. The molecular formula is C65H73N3S. The van der Waals surface area contributed by atoms with Gasteiger partial charge < -0.3 is 14.4 Å². The summed E-state index contributed by atoms with van der Waals surface area (Å²) in [5.74, 6) is 0. The van der Waals surface area contributed by atoms with Crippen LogP contribution in [0.1, 0.15) is 135 Å². The van der Waals surface area contributed by atoms with Crippen LogP contribution in [0, 0.1) is 20.8 Å². The smallest absolute Gasteiger partial charge is 0.0765 e. The van der Waals surface area contributed by atoms with Gasteiger partial charge >= 0.3 is 0 Å². The number of aryl methyl sites for hydroxylation is 2. The van der Waals surface area contributed by atoms with E-state index in [1.165, 1.54) is 104 Å². The standard InChI is InChI=1S/C65H73N3S/c1-17-44-39-56(67(50-31-24-46(25-32-50)63(8,9)10)54-36-28-48(38-41(54)2)65(14,15)16)42(3)57(40-44)68(51-33-26-47(27-34-51)64(11,12)13)60-43(4)66(49-29-22-45(23-30-49)62(5,6)7)55-37-35-53-52-20-18-19-21-58(52)69-61(53)59(55)60/h18-40H,17H2,1-16H3. The molecule has 7 aromatic carbocycles. The maximum absolute atomic E-state index is 2.61. The van der Waals surface area contributed by atoms with Gasteiger partial charge in [-0.15, -0.1) is 11.3 Å². The van der Waals surface area contributed by atoms with Crippen LogP contribution in [0.3, 0.4) is 0 Å². The monoisotopic (exact) mass is 928 g/mol. The predicted octanol–water partition coefficient (Wildman–Crippen LogP) is 19.6. The summed E-state index contributed by atoms with van der Waals surface area (Å²) in [5.41, 5.74) is 19.8. The van der Waals surface area contributed by atoms with Crippen LogP contribution in [-0.2, 0) is 28.1 Å². The lowest BCUT2D eigenvalue weighted by molar-refractivity contribution is 0.589. The molecule has 0 N–H and O–H groups in total. The van der Waals surface area contributed by atoms with Gasteiger partial charge in [0.15, 0.2) is 0 Å². The Bertz CT molecular complexity index is 3350. The Balaban J connectivity index is 1.39. The van der Waals surface area contributed by atoms with Gasteiger partial charge in [0.1, 0.15) is 0 Å². The number of hydrogen-bond donors (Lipinski definition) is 0. The molecule has 0 aliphatic rings.